The second kappa shape index (κ2) is 10.1. The van der Waals surface area contributed by atoms with Crippen molar-refractivity contribution >= 4 is 17.6 Å². The zero-order valence-corrected chi connectivity index (χ0v) is 15.0. The summed E-state index contributed by atoms with van der Waals surface area (Å²) in [6, 6.07) is 14.1. The van der Waals surface area contributed by atoms with Crippen molar-refractivity contribution in [3.05, 3.63) is 54.1 Å². The quantitative estimate of drug-likeness (QED) is 0.547. The first-order valence-corrected chi connectivity index (χ1v) is 8.47. The third-order valence-electron chi connectivity index (χ3n) is 3.52. The number of rotatable bonds is 9. The van der Waals surface area contributed by atoms with Gasteiger partial charge in [-0.05, 0) is 43.7 Å². The monoisotopic (exact) mass is 357 g/mol. The first kappa shape index (κ1) is 19.3. The predicted molar refractivity (Wildman–Crippen MR) is 98.8 cm³/mol. The molecule has 0 heterocycles. The van der Waals surface area contributed by atoms with Crippen molar-refractivity contribution in [2.75, 3.05) is 25.6 Å². The summed E-state index contributed by atoms with van der Waals surface area (Å²) in [5, 5.41) is 2.76. The molecule has 0 fully saturated rings. The van der Waals surface area contributed by atoms with Crippen LogP contribution in [-0.2, 0) is 9.53 Å². The summed E-state index contributed by atoms with van der Waals surface area (Å²) in [5.41, 5.74) is 0.946. The molecule has 0 saturated carbocycles. The molecule has 0 aliphatic rings. The fourth-order valence-electron chi connectivity index (χ4n) is 2.32. The van der Waals surface area contributed by atoms with E-state index in [0.29, 0.717) is 48.8 Å². The average Bonchev–Trinajstić information content (AvgIpc) is 2.66. The van der Waals surface area contributed by atoms with Crippen LogP contribution >= 0.6 is 0 Å². The molecule has 0 aromatic heterocycles. The molecule has 0 aliphatic heterocycles. The molecular weight excluding hydrogens is 334 g/mol. The van der Waals surface area contributed by atoms with Crippen molar-refractivity contribution in [1.82, 2.24) is 0 Å². The van der Waals surface area contributed by atoms with Gasteiger partial charge in [0.15, 0.2) is 11.5 Å². The number of hydrogen-bond acceptors (Lipinski definition) is 5. The smallest absolute Gasteiger partial charge is 0.337 e. The Hall–Kier alpha value is -3.02. The molecule has 2 rings (SSSR count). The fourth-order valence-corrected chi connectivity index (χ4v) is 2.32. The Kier molecular flexibility index (Phi) is 7.49. The van der Waals surface area contributed by atoms with Crippen LogP contribution < -0.4 is 14.8 Å². The Morgan fingerprint density at radius 2 is 1.73 bits per heavy atom. The summed E-state index contributed by atoms with van der Waals surface area (Å²) in [4.78, 5) is 23.5. The van der Waals surface area contributed by atoms with E-state index in [-0.39, 0.29) is 5.91 Å². The van der Waals surface area contributed by atoms with Crippen molar-refractivity contribution in [2.45, 2.75) is 19.8 Å². The Balaban J connectivity index is 1.78. The van der Waals surface area contributed by atoms with Crippen LogP contribution in [0.25, 0.3) is 0 Å². The lowest BCUT2D eigenvalue weighted by atomic mass is 10.2. The van der Waals surface area contributed by atoms with Gasteiger partial charge in [-0.1, -0.05) is 18.2 Å². The molecule has 0 unspecified atom stereocenters. The van der Waals surface area contributed by atoms with Gasteiger partial charge in [0.25, 0.3) is 0 Å². The van der Waals surface area contributed by atoms with Crippen LogP contribution in [0.3, 0.4) is 0 Å². The fraction of sp³-hybridized carbons (Fsp3) is 0.300. The number of carbonyl (C=O) groups is 2. The van der Waals surface area contributed by atoms with Gasteiger partial charge in [0, 0.05) is 12.1 Å². The Labute approximate surface area is 153 Å². The second-order valence-corrected chi connectivity index (χ2v) is 5.45. The standard InChI is InChI=1S/C20H23NO5/c1-3-25-17-10-4-5-11-18(17)26-13-7-12-19(22)21-16-9-6-8-15(14-16)20(23)24-2/h4-6,8-11,14H,3,7,12-13H2,1-2H3,(H,21,22). The van der Waals surface area contributed by atoms with Crippen LogP contribution in [0.15, 0.2) is 48.5 Å². The summed E-state index contributed by atoms with van der Waals surface area (Å²) >= 11 is 0. The lowest BCUT2D eigenvalue weighted by Gasteiger charge is -2.11. The number of para-hydroxylation sites is 2. The highest BCUT2D eigenvalue weighted by molar-refractivity contribution is 5.94. The summed E-state index contributed by atoms with van der Waals surface area (Å²) in [5.74, 6) is 0.774. The largest absolute Gasteiger partial charge is 0.490 e. The minimum atomic E-state index is -0.442. The molecule has 6 heteroatoms. The molecule has 0 bridgehead atoms. The average molecular weight is 357 g/mol. The molecule has 0 spiro atoms. The van der Waals surface area contributed by atoms with E-state index in [1.54, 1.807) is 24.3 Å². The lowest BCUT2D eigenvalue weighted by molar-refractivity contribution is -0.116. The van der Waals surface area contributed by atoms with Crippen LogP contribution in [-0.4, -0.2) is 32.2 Å². The molecule has 0 saturated heterocycles. The van der Waals surface area contributed by atoms with E-state index in [1.165, 1.54) is 7.11 Å². The van der Waals surface area contributed by atoms with E-state index in [2.05, 4.69) is 10.1 Å². The molecule has 1 N–H and O–H groups in total. The summed E-state index contributed by atoms with van der Waals surface area (Å²) in [7, 11) is 1.32. The summed E-state index contributed by atoms with van der Waals surface area (Å²) in [6.45, 7) is 2.88. The zero-order chi connectivity index (χ0) is 18.8. The maximum absolute atomic E-state index is 12.0. The van der Waals surface area contributed by atoms with Gasteiger partial charge in [0.2, 0.25) is 5.91 Å². The van der Waals surface area contributed by atoms with E-state index < -0.39 is 5.97 Å². The van der Waals surface area contributed by atoms with Gasteiger partial charge in [-0.3, -0.25) is 4.79 Å². The highest BCUT2D eigenvalue weighted by Gasteiger charge is 2.08. The van der Waals surface area contributed by atoms with Crippen LogP contribution in [0.2, 0.25) is 0 Å². The topological polar surface area (TPSA) is 73.9 Å². The molecule has 6 nitrogen and oxygen atoms in total. The summed E-state index contributed by atoms with van der Waals surface area (Å²) in [6.07, 6.45) is 0.863. The number of esters is 1. The molecule has 2 aromatic carbocycles. The van der Waals surface area contributed by atoms with Gasteiger partial charge in [0.05, 0.1) is 25.9 Å². The first-order chi connectivity index (χ1) is 12.6. The van der Waals surface area contributed by atoms with Gasteiger partial charge in [-0.25, -0.2) is 4.79 Å². The van der Waals surface area contributed by atoms with Crippen LogP contribution in [0.5, 0.6) is 11.5 Å². The number of ether oxygens (including phenoxy) is 3. The Bertz CT molecular complexity index is 744. The van der Waals surface area contributed by atoms with Crippen LogP contribution in [0, 0.1) is 0 Å². The van der Waals surface area contributed by atoms with Crippen molar-refractivity contribution in [2.24, 2.45) is 0 Å². The van der Waals surface area contributed by atoms with E-state index in [9.17, 15) is 9.59 Å². The number of methoxy groups -OCH3 is 1. The van der Waals surface area contributed by atoms with Gasteiger partial charge in [-0.15, -0.1) is 0 Å². The minimum Gasteiger partial charge on any atom is -0.490 e. The normalized spacial score (nSPS) is 10.1. The maximum Gasteiger partial charge on any atom is 0.337 e. The molecule has 138 valence electrons. The summed E-state index contributed by atoms with van der Waals surface area (Å²) < 4.78 is 15.8. The van der Waals surface area contributed by atoms with E-state index in [4.69, 9.17) is 9.47 Å². The number of amides is 1. The lowest BCUT2D eigenvalue weighted by Crippen LogP contribution is -2.13. The second-order valence-electron chi connectivity index (χ2n) is 5.45. The predicted octanol–water partition coefficient (Wildman–Crippen LogP) is 3.67. The third-order valence-corrected chi connectivity index (χ3v) is 3.52. The van der Waals surface area contributed by atoms with Crippen LogP contribution in [0.4, 0.5) is 5.69 Å². The van der Waals surface area contributed by atoms with Gasteiger partial charge in [-0.2, -0.15) is 0 Å². The number of anilines is 1. The van der Waals surface area contributed by atoms with E-state index in [1.807, 2.05) is 31.2 Å². The molecule has 0 atom stereocenters. The van der Waals surface area contributed by atoms with Gasteiger partial charge < -0.3 is 19.5 Å². The van der Waals surface area contributed by atoms with E-state index >= 15 is 0 Å². The highest BCUT2D eigenvalue weighted by atomic mass is 16.5. The first-order valence-electron chi connectivity index (χ1n) is 8.47. The van der Waals surface area contributed by atoms with E-state index in [0.717, 1.165) is 0 Å². The minimum absolute atomic E-state index is 0.145. The van der Waals surface area contributed by atoms with Crippen molar-refractivity contribution in [3.8, 4) is 11.5 Å². The van der Waals surface area contributed by atoms with Gasteiger partial charge >= 0.3 is 5.97 Å². The van der Waals surface area contributed by atoms with Crippen molar-refractivity contribution in [3.63, 3.8) is 0 Å². The maximum atomic E-state index is 12.0. The zero-order valence-electron chi connectivity index (χ0n) is 15.0. The van der Waals surface area contributed by atoms with Crippen molar-refractivity contribution in [1.29, 1.82) is 0 Å². The van der Waals surface area contributed by atoms with Crippen molar-refractivity contribution < 1.29 is 23.8 Å². The molecular formula is C20H23NO5. The molecule has 26 heavy (non-hydrogen) atoms. The SMILES string of the molecule is CCOc1ccccc1OCCCC(=O)Nc1cccc(C(=O)OC)c1. The molecule has 2 aromatic rings. The molecule has 0 radical (unpaired) electrons. The number of hydrogen-bond donors (Lipinski definition) is 1. The molecule has 0 aliphatic carbocycles. The number of carbonyl (C=O) groups excluding carboxylic acids is 2. The number of benzene rings is 2. The van der Waals surface area contributed by atoms with Gasteiger partial charge in [0.1, 0.15) is 0 Å². The third kappa shape index (κ3) is 5.81. The number of nitrogens with one attached hydrogen (secondary N) is 1. The Morgan fingerprint density at radius 3 is 2.42 bits per heavy atom. The molecule has 1 amide bonds. The highest BCUT2D eigenvalue weighted by Crippen LogP contribution is 2.26. The van der Waals surface area contributed by atoms with Crippen LogP contribution in [0.1, 0.15) is 30.1 Å². The Morgan fingerprint density at radius 1 is 1.00 bits per heavy atom.